The van der Waals surface area contributed by atoms with Gasteiger partial charge in [-0.1, -0.05) is 18.2 Å². The average molecular weight is 172 g/mol. The fraction of sp³-hybridized carbons (Fsp3) is 0.125. The number of hydrogen-bond acceptors (Lipinski definition) is 1. The van der Waals surface area contributed by atoms with Gasteiger partial charge in [0.25, 0.3) is 0 Å². The first-order valence-corrected chi connectivity index (χ1v) is 3.17. The molecule has 0 amide bonds. The van der Waals surface area contributed by atoms with Crippen LogP contribution < -0.4 is 0 Å². The van der Waals surface area contributed by atoms with Crippen LogP contribution >= 0.6 is 0 Å². The van der Waals surface area contributed by atoms with Crippen molar-refractivity contribution >= 4 is 11.9 Å². The molecule has 0 aliphatic heterocycles. The van der Waals surface area contributed by atoms with Gasteiger partial charge in [-0.15, -0.1) is 0 Å². The smallest absolute Gasteiger partial charge is 0.242 e. The summed E-state index contributed by atoms with van der Waals surface area (Å²) in [5.74, 6) is 0. The van der Waals surface area contributed by atoms with Crippen molar-refractivity contribution in [3.8, 4) is 0 Å². The van der Waals surface area contributed by atoms with E-state index in [1.54, 1.807) is 18.2 Å². The first-order chi connectivity index (χ1) is 5.58. The summed E-state index contributed by atoms with van der Waals surface area (Å²) in [5, 5.41) is 0. The second-order valence-electron chi connectivity index (χ2n) is 2.06. The summed E-state index contributed by atoms with van der Waals surface area (Å²) in [6, 6.07) is 7.86. The molecule has 0 atom stereocenters. The van der Waals surface area contributed by atoms with Gasteiger partial charge in [-0.05, 0) is 12.1 Å². The molecule has 0 aliphatic carbocycles. The molecule has 0 spiro atoms. The van der Waals surface area contributed by atoms with E-state index in [1.165, 1.54) is 12.1 Å². The van der Waals surface area contributed by atoms with Gasteiger partial charge in [0.15, 0.2) is 6.21 Å². The zero-order chi connectivity index (χ0) is 9.03. The number of alkyl halides is 3. The van der Waals surface area contributed by atoms with Crippen molar-refractivity contribution in [1.29, 1.82) is 0 Å². The number of aliphatic imine (C=N–C) groups is 1. The standard InChI is InChI=1S/C8H5F3N/c9-8(10,11)6-12-7-4-2-1-3-5-7/h1-5H. The van der Waals surface area contributed by atoms with Crippen LogP contribution in [0.1, 0.15) is 0 Å². The third-order valence-corrected chi connectivity index (χ3v) is 1.07. The highest BCUT2D eigenvalue weighted by Gasteiger charge is 2.24. The van der Waals surface area contributed by atoms with Crippen molar-refractivity contribution < 1.29 is 13.2 Å². The van der Waals surface area contributed by atoms with Crippen molar-refractivity contribution in [2.75, 3.05) is 0 Å². The minimum atomic E-state index is -4.46. The van der Waals surface area contributed by atoms with Crippen molar-refractivity contribution in [2.24, 2.45) is 4.99 Å². The predicted molar refractivity (Wildman–Crippen MR) is 39.6 cm³/mol. The number of hydrogen-bond donors (Lipinski definition) is 0. The van der Waals surface area contributed by atoms with Crippen LogP contribution in [0.3, 0.4) is 0 Å². The third-order valence-electron chi connectivity index (χ3n) is 1.07. The molecule has 63 valence electrons. The Morgan fingerprint density at radius 3 is 2.17 bits per heavy atom. The molecule has 0 saturated carbocycles. The zero-order valence-electron chi connectivity index (χ0n) is 5.97. The van der Waals surface area contributed by atoms with Gasteiger partial charge in [0.1, 0.15) is 0 Å². The molecule has 0 saturated heterocycles. The molecule has 0 fully saturated rings. The van der Waals surface area contributed by atoms with E-state index < -0.39 is 6.18 Å². The molecule has 1 nitrogen and oxygen atoms in total. The molecular weight excluding hydrogens is 167 g/mol. The zero-order valence-corrected chi connectivity index (χ0v) is 5.97. The Bertz CT molecular complexity index is 263. The van der Waals surface area contributed by atoms with Crippen LogP contribution in [0.15, 0.2) is 35.3 Å². The van der Waals surface area contributed by atoms with Crippen LogP contribution in [0.25, 0.3) is 0 Å². The van der Waals surface area contributed by atoms with Gasteiger partial charge < -0.3 is 0 Å². The maximum Gasteiger partial charge on any atom is 0.435 e. The van der Waals surface area contributed by atoms with Crippen molar-refractivity contribution in [3.63, 3.8) is 0 Å². The van der Waals surface area contributed by atoms with Gasteiger partial charge >= 0.3 is 6.18 Å². The van der Waals surface area contributed by atoms with Gasteiger partial charge in [0.05, 0.1) is 5.69 Å². The van der Waals surface area contributed by atoms with E-state index in [-0.39, 0.29) is 5.69 Å². The van der Waals surface area contributed by atoms with Gasteiger partial charge in [0.2, 0.25) is 0 Å². The Kier molecular flexibility index (Phi) is 2.47. The summed E-state index contributed by atoms with van der Waals surface area (Å²) in [4.78, 5) is 3.10. The lowest BCUT2D eigenvalue weighted by atomic mass is 10.3. The Morgan fingerprint density at radius 2 is 1.67 bits per heavy atom. The normalized spacial score (nSPS) is 12.2. The highest BCUT2D eigenvalue weighted by Crippen LogP contribution is 2.15. The molecule has 0 aliphatic rings. The van der Waals surface area contributed by atoms with E-state index >= 15 is 0 Å². The molecule has 1 aromatic rings. The first kappa shape index (κ1) is 8.77. The molecular formula is C8H5F3N. The van der Waals surface area contributed by atoms with Gasteiger partial charge in [0, 0.05) is 0 Å². The molecule has 1 radical (unpaired) electrons. The Balaban J connectivity index is 2.71. The number of halogens is 3. The van der Waals surface area contributed by atoms with E-state index in [1.807, 2.05) is 0 Å². The fourth-order valence-corrected chi connectivity index (χ4v) is 0.630. The predicted octanol–water partition coefficient (Wildman–Crippen LogP) is 2.83. The summed E-state index contributed by atoms with van der Waals surface area (Å²) < 4.78 is 34.6. The topological polar surface area (TPSA) is 12.4 Å². The quantitative estimate of drug-likeness (QED) is 0.577. The van der Waals surface area contributed by atoms with E-state index in [0.717, 1.165) is 6.21 Å². The second-order valence-corrected chi connectivity index (χ2v) is 2.06. The molecule has 0 N–H and O–H groups in total. The molecule has 4 heteroatoms. The number of benzene rings is 1. The Morgan fingerprint density at radius 1 is 1.08 bits per heavy atom. The van der Waals surface area contributed by atoms with E-state index in [2.05, 4.69) is 4.99 Å². The fourth-order valence-electron chi connectivity index (χ4n) is 0.630. The Labute approximate surface area is 67.6 Å². The molecule has 0 unspecified atom stereocenters. The van der Waals surface area contributed by atoms with Crippen LogP contribution in [0.5, 0.6) is 0 Å². The highest BCUT2D eigenvalue weighted by molar-refractivity contribution is 5.68. The summed E-state index contributed by atoms with van der Waals surface area (Å²) >= 11 is 0. The lowest BCUT2D eigenvalue weighted by molar-refractivity contribution is -0.0535. The maximum atomic E-state index is 11.5. The lowest BCUT2D eigenvalue weighted by Crippen LogP contribution is -2.07. The van der Waals surface area contributed by atoms with Gasteiger partial charge in [-0.25, -0.2) is 4.99 Å². The van der Waals surface area contributed by atoms with Gasteiger partial charge in [-0.2, -0.15) is 13.2 Å². The molecule has 0 bridgehead atoms. The lowest BCUT2D eigenvalue weighted by Gasteiger charge is -1.95. The van der Waals surface area contributed by atoms with Crippen LogP contribution in [0.2, 0.25) is 0 Å². The highest BCUT2D eigenvalue weighted by atomic mass is 19.4. The van der Waals surface area contributed by atoms with Crippen molar-refractivity contribution in [1.82, 2.24) is 0 Å². The van der Waals surface area contributed by atoms with E-state index in [0.29, 0.717) is 0 Å². The van der Waals surface area contributed by atoms with Crippen LogP contribution in [0, 0.1) is 0 Å². The van der Waals surface area contributed by atoms with Crippen LogP contribution in [0.4, 0.5) is 18.9 Å². The minimum absolute atomic E-state index is 0.245. The maximum absolute atomic E-state index is 11.5. The van der Waals surface area contributed by atoms with Crippen LogP contribution in [-0.2, 0) is 0 Å². The molecule has 1 rings (SSSR count). The van der Waals surface area contributed by atoms with E-state index in [9.17, 15) is 13.2 Å². The largest absolute Gasteiger partial charge is 0.435 e. The third kappa shape index (κ3) is 3.18. The monoisotopic (exact) mass is 172 g/mol. The Hall–Kier alpha value is -1.32. The number of rotatable bonds is 1. The minimum Gasteiger partial charge on any atom is -0.242 e. The summed E-state index contributed by atoms with van der Waals surface area (Å²) in [6.45, 7) is 0. The van der Waals surface area contributed by atoms with Crippen LogP contribution in [-0.4, -0.2) is 12.4 Å². The number of nitrogens with zero attached hydrogens (tertiary/aromatic N) is 1. The first-order valence-electron chi connectivity index (χ1n) is 3.17. The summed E-state index contributed by atoms with van der Waals surface area (Å²) in [7, 11) is 0. The summed E-state index contributed by atoms with van der Waals surface area (Å²) in [6.07, 6.45) is -3.40. The van der Waals surface area contributed by atoms with Crippen molar-refractivity contribution in [3.05, 3.63) is 30.3 Å². The van der Waals surface area contributed by atoms with Gasteiger partial charge in [-0.3, -0.25) is 0 Å². The SMILES string of the molecule is FC(F)(F)/[C]=N\c1ccccc1. The van der Waals surface area contributed by atoms with Crippen molar-refractivity contribution in [2.45, 2.75) is 6.18 Å². The molecule has 1 aromatic carbocycles. The number of para-hydroxylation sites is 1. The average Bonchev–Trinajstić information content (AvgIpc) is 2.02. The molecule has 0 aromatic heterocycles. The molecule has 0 heterocycles. The van der Waals surface area contributed by atoms with E-state index in [4.69, 9.17) is 0 Å². The second kappa shape index (κ2) is 3.38. The summed E-state index contributed by atoms with van der Waals surface area (Å²) in [5.41, 5.74) is 0.245. The molecule has 12 heavy (non-hydrogen) atoms.